The first-order valence-electron chi connectivity index (χ1n) is 5.99. The van der Waals surface area contributed by atoms with Crippen LogP contribution in [0.15, 0.2) is 0 Å². The third kappa shape index (κ3) is 1.73. The number of nitrogens with two attached hydrogens (primary N) is 1. The van der Waals surface area contributed by atoms with Crippen molar-refractivity contribution in [2.24, 2.45) is 23.0 Å². The summed E-state index contributed by atoms with van der Waals surface area (Å²) in [6.07, 6.45) is 8.26. The first-order chi connectivity index (χ1) is 6.51. The predicted octanol–water partition coefficient (Wildman–Crippen LogP) is 3.02. The highest BCUT2D eigenvalue weighted by Gasteiger charge is 2.57. The van der Waals surface area contributed by atoms with Gasteiger partial charge in [0.15, 0.2) is 0 Å². The fourth-order valence-electron chi connectivity index (χ4n) is 4.82. The third-order valence-corrected chi connectivity index (χ3v) is 5.56. The summed E-state index contributed by atoms with van der Waals surface area (Å²) < 4.78 is 0.359. The lowest BCUT2D eigenvalue weighted by Gasteiger charge is -2.62. The van der Waals surface area contributed by atoms with Crippen LogP contribution in [-0.4, -0.2) is 10.8 Å². The first-order valence-corrected chi connectivity index (χ1v) is 6.44. The van der Waals surface area contributed by atoms with Crippen LogP contribution < -0.4 is 5.73 Å². The number of hydrogen-bond donors (Lipinski definition) is 2. The predicted molar refractivity (Wildman–Crippen MR) is 69.7 cm³/mol. The average molecular weight is 248 g/mol. The van der Waals surface area contributed by atoms with Gasteiger partial charge in [0.1, 0.15) is 0 Å². The van der Waals surface area contributed by atoms with E-state index in [2.05, 4.69) is 6.92 Å². The molecule has 4 fully saturated rings. The summed E-state index contributed by atoms with van der Waals surface area (Å²) in [6.45, 7) is 2.21. The summed E-state index contributed by atoms with van der Waals surface area (Å²) >= 11 is 4.94. The minimum Gasteiger partial charge on any atom is -0.327 e. The van der Waals surface area contributed by atoms with Crippen molar-refractivity contribution in [2.75, 3.05) is 0 Å². The maximum absolute atomic E-state index is 6.22. The summed E-state index contributed by atoms with van der Waals surface area (Å²) in [5.74, 6) is 1.89. The highest BCUT2D eigenvalue weighted by atomic mass is 35.5. The van der Waals surface area contributed by atoms with E-state index >= 15 is 0 Å². The highest BCUT2D eigenvalue weighted by molar-refractivity contribution is 7.81. The van der Waals surface area contributed by atoms with Crippen molar-refractivity contribution in [2.45, 2.75) is 56.2 Å². The molecule has 3 atom stereocenters. The fraction of sp³-hybridized carbons (Fsp3) is 1.00. The standard InChI is InChI=1S/C12H21NS.ClH/c1-8(13)11-3-9-2-10(4-11)6-12(14,5-9)7-11;/h8-10,14H,2-7,13H2,1H3;1H. The summed E-state index contributed by atoms with van der Waals surface area (Å²) in [5, 5.41) is 0. The van der Waals surface area contributed by atoms with Gasteiger partial charge in [0, 0.05) is 10.8 Å². The monoisotopic (exact) mass is 247 g/mol. The zero-order chi connectivity index (χ0) is 9.97. The van der Waals surface area contributed by atoms with E-state index in [0.717, 1.165) is 11.8 Å². The van der Waals surface area contributed by atoms with Crippen LogP contribution in [0.5, 0.6) is 0 Å². The molecule has 4 aliphatic rings. The maximum atomic E-state index is 6.22. The molecule has 0 aromatic rings. The lowest BCUT2D eigenvalue weighted by molar-refractivity contribution is -0.0486. The van der Waals surface area contributed by atoms with E-state index in [0.29, 0.717) is 16.2 Å². The van der Waals surface area contributed by atoms with Gasteiger partial charge in [-0.3, -0.25) is 0 Å². The molecular weight excluding hydrogens is 226 g/mol. The normalized spacial score (nSPS) is 53.8. The molecule has 4 aliphatic carbocycles. The largest absolute Gasteiger partial charge is 0.327 e. The average Bonchev–Trinajstić information content (AvgIpc) is 1.98. The summed E-state index contributed by atoms with van der Waals surface area (Å²) in [6, 6.07) is 0.375. The molecule has 4 saturated carbocycles. The Kier molecular flexibility index (Phi) is 2.85. The Bertz CT molecular complexity index is 252. The summed E-state index contributed by atoms with van der Waals surface area (Å²) in [5.41, 5.74) is 6.68. The van der Waals surface area contributed by atoms with Crippen molar-refractivity contribution in [1.82, 2.24) is 0 Å². The van der Waals surface area contributed by atoms with Crippen LogP contribution in [0.4, 0.5) is 0 Å². The van der Waals surface area contributed by atoms with Crippen molar-refractivity contribution in [3.8, 4) is 0 Å². The molecule has 4 rings (SSSR count). The van der Waals surface area contributed by atoms with Gasteiger partial charge >= 0.3 is 0 Å². The summed E-state index contributed by atoms with van der Waals surface area (Å²) in [4.78, 5) is 0. The van der Waals surface area contributed by atoms with Gasteiger partial charge in [0.25, 0.3) is 0 Å². The van der Waals surface area contributed by atoms with Crippen LogP contribution in [-0.2, 0) is 0 Å². The molecule has 0 radical (unpaired) electrons. The molecule has 0 spiro atoms. The number of halogens is 1. The van der Waals surface area contributed by atoms with Crippen molar-refractivity contribution < 1.29 is 0 Å². The quantitative estimate of drug-likeness (QED) is 0.685. The van der Waals surface area contributed by atoms with Gasteiger partial charge in [-0.15, -0.1) is 12.4 Å². The van der Waals surface area contributed by atoms with E-state index in [1.807, 2.05) is 0 Å². The van der Waals surface area contributed by atoms with Crippen molar-refractivity contribution in [3.05, 3.63) is 0 Å². The molecule has 0 aromatic carbocycles. The zero-order valence-electron chi connectivity index (χ0n) is 9.41. The molecule has 1 nitrogen and oxygen atoms in total. The van der Waals surface area contributed by atoms with E-state index in [1.54, 1.807) is 0 Å². The molecule has 0 amide bonds. The SMILES string of the molecule is CC(N)C12CC3CC(CC(S)(C3)C1)C2.Cl. The Hall–Kier alpha value is 0.600. The Labute approximate surface area is 104 Å². The van der Waals surface area contributed by atoms with Crippen LogP contribution in [0, 0.1) is 17.3 Å². The summed E-state index contributed by atoms with van der Waals surface area (Å²) in [7, 11) is 0. The molecule has 0 heterocycles. The first kappa shape index (κ1) is 12.1. The maximum Gasteiger partial charge on any atom is 0.0141 e. The zero-order valence-corrected chi connectivity index (χ0v) is 11.1. The highest BCUT2D eigenvalue weighted by Crippen LogP contribution is 2.64. The smallest absolute Gasteiger partial charge is 0.0141 e. The van der Waals surface area contributed by atoms with E-state index in [1.165, 1.54) is 38.5 Å². The van der Waals surface area contributed by atoms with E-state index < -0.39 is 0 Å². The molecule has 0 aromatic heterocycles. The molecule has 2 N–H and O–H groups in total. The van der Waals surface area contributed by atoms with Crippen LogP contribution in [0.1, 0.15) is 45.4 Å². The van der Waals surface area contributed by atoms with Gasteiger partial charge in [0.05, 0.1) is 0 Å². The molecule has 3 unspecified atom stereocenters. The van der Waals surface area contributed by atoms with Crippen LogP contribution in [0.3, 0.4) is 0 Å². The molecule has 0 saturated heterocycles. The topological polar surface area (TPSA) is 26.0 Å². The van der Waals surface area contributed by atoms with Crippen LogP contribution >= 0.6 is 25.0 Å². The van der Waals surface area contributed by atoms with E-state index in [9.17, 15) is 0 Å². The van der Waals surface area contributed by atoms with Crippen LogP contribution in [0.2, 0.25) is 0 Å². The van der Waals surface area contributed by atoms with Crippen molar-refractivity contribution in [1.29, 1.82) is 0 Å². The molecule has 15 heavy (non-hydrogen) atoms. The Morgan fingerprint density at radius 2 is 1.73 bits per heavy atom. The van der Waals surface area contributed by atoms with Gasteiger partial charge < -0.3 is 5.73 Å². The van der Waals surface area contributed by atoms with Gasteiger partial charge in [-0.05, 0) is 62.7 Å². The lowest BCUT2D eigenvalue weighted by Crippen LogP contribution is -2.58. The van der Waals surface area contributed by atoms with Gasteiger partial charge in [-0.2, -0.15) is 12.6 Å². The minimum atomic E-state index is 0. The second-order valence-corrected chi connectivity index (χ2v) is 7.29. The number of hydrogen-bond acceptors (Lipinski definition) is 2. The second-order valence-electron chi connectivity index (χ2n) is 6.34. The molecule has 0 aliphatic heterocycles. The fourth-order valence-corrected chi connectivity index (χ4v) is 5.65. The van der Waals surface area contributed by atoms with E-state index in [4.69, 9.17) is 18.4 Å². The molecule has 4 bridgehead atoms. The van der Waals surface area contributed by atoms with Crippen LogP contribution in [0.25, 0.3) is 0 Å². The molecule has 88 valence electrons. The van der Waals surface area contributed by atoms with Crippen molar-refractivity contribution in [3.63, 3.8) is 0 Å². The van der Waals surface area contributed by atoms with Gasteiger partial charge in [-0.25, -0.2) is 0 Å². The number of thiol groups is 1. The van der Waals surface area contributed by atoms with E-state index in [-0.39, 0.29) is 12.4 Å². The Morgan fingerprint density at radius 1 is 1.20 bits per heavy atom. The van der Waals surface area contributed by atoms with Gasteiger partial charge in [0.2, 0.25) is 0 Å². The lowest BCUT2D eigenvalue weighted by atomic mass is 9.47. The second kappa shape index (κ2) is 3.54. The Morgan fingerprint density at radius 3 is 2.13 bits per heavy atom. The van der Waals surface area contributed by atoms with Crippen molar-refractivity contribution >= 4 is 25.0 Å². The number of rotatable bonds is 1. The molecule has 3 heteroatoms. The minimum absolute atomic E-state index is 0. The Balaban J connectivity index is 0.000000853. The third-order valence-electron chi connectivity index (χ3n) is 5.04. The van der Waals surface area contributed by atoms with Gasteiger partial charge in [-0.1, -0.05) is 0 Å². The molecular formula is C12H22ClNS.